The third-order valence-electron chi connectivity index (χ3n) is 4.42. The lowest BCUT2D eigenvalue weighted by atomic mass is 9.82. The molecule has 4 heteroatoms. The van der Waals surface area contributed by atoms with Gasteiger partial charge in [0, 0.05) is 17.3 Å². The summed E-state index contributed by atoms with van der Waals surface area (Å²) < 4.78 is 0.848. The van der Waals surface area contributed by atoms with E-state index in [1.807, 2.05) is 4.90 Å². The van der Waals surface area contributed by atoms with Crippen molar-refractivity contribution in [3.63, 3.8) is 0 Å². The number of carbonyl (C=O) groups is 1. The lowest BCUT2D eigenvalue weighted by Gasteiger charge is -2.35. The number of hydrogen-bond acceptors (Lipinski definition) is 2. The summed E-state index contributed by atoms with van der Waals surface area (Å²) in [5.74, 6) is 1.22. The van der Waals surface area contributed by atoms with Crippen molar-refractivity contribution < 1.29 is 4.79 Å². The Bertz CT molecular complexity index is 504. The minimum atomic E-state index is 0.0400. The molecule has 19 heavy (non-hydrogen) atoms. The van der Waals surface area contributed by atoms with Crippen LogP contribution in [0.5, 0.6) is 0 Å². The molecule has 102 valence electrons. The fourth-order valence-electron chi connectivity index (χ4n) is 3.48. The van der Waals surface area contributed by atoms with Gasteiger partial charge in [-0.15, -0.1) is 11.3 Å². The Balaban J connectivity index is 1.92. The fourth-order valence-corrected chi connectivity index (χ4v) is 4.85. The van der Waals surface area contributed by atoms with Gasteiger partial charge in [0.25, 0.3) is 0 Å². The van der Waals surface area contributed by atoms with Crippen LogP contribution in [0, 0.1) is 5.92 Å². The fraction of sp³-hybridized carbons (Fsp3) is 0.533. The number of rotatable bonds is 2. The average Bonchev–Trinajstić information content (AvgIpc) is 3.04. The maximum Gasteiger partial charge on any atom is 0.246 e. The van der Waals surface area contributed by atoms with Crippen LogP contribution in [0.1, 0.15) is 42.0 Å². The Morgan fingerprint density at radius 2 is 2.21 bits per heavy atom. The zero-order valence-electron chi connectivity index (χ0n) is 10.9. The lowest BCUT2D eigenvalue weighted by Crippen LogP contribution is -2.38. The molecule has 0 radical (unpaired) electrons. The van der Waals surface area contributed by atoms with Crippen LogP contribution in [0.4, 0.5) is 0 Å². The first-order valence-electron chi connectivity index (χ1n) is 6.88. The van der Waals surface area contributed by atoms with Gasteiger partial charge in [-0.3, -0.25) is 4.79 Å². The minimum absolute atomic E-state index is 0.0400. The topological polar surface area (TPSA) is 20.3 Å². The third kappa shape index (κ3) is 2.46. The molecule has 2 heterocycles. The van der Waals surface area contributed by atoms with Gasteiger partial charge in [0.2, 0.25) is 5.91 Å². The summed E-state index contributed by atoms with van der Waals surface area (Å²) in [5, 5.41) is 0. The molecule has 3 rings (SSSR count). The summed E-state index contributed by atoms with van der Waals surface area (Å²) in [6.45, 7) is 5.13. The van der Waals surface area contributed by atoms with Gasteiger partial charge >= 0.3 is 0 Å². The van der Waals surface area contributed by atoms with Crippen molar-refractivity contribution in [1.82, 2.24) is 4.90 Å². The quantitative estimate of drug-likeness (QED) is 0.749. The molecule has 1 atom stereocenters. The van der Waals surface area contributed by atoms with Crippen LogP contribution in [0.15, 0.2) is 18.7 Å². The summed E-state index contributed by atoms with van der Waals surface area (Å²) in [4.78, 5) is 15.1. The van der Waals surface area contributed by atoms with Gasteiger partial charge in [0.1, 0.15) is 0 Å². The molecule has 0 N–H and O–H groups in total. The van der Waals surface area contributed by atoms with Crippen molar-refractivity contribution in [3.8, 4) is 0 Å². The third-order valence-corrected chi connectivity index (χ3v) is 5.68. The van der Waals surface area contributed by atoms with Gasteiger partial charge in [0.05, 0.1) is 10.9 Å². The van der Waals surface area contributed by atoms with Crippen molar-refractivity contribution in [3.05, 3.63) is 33.5 Å². The maximum absolute atomic E-state index is 11.9. The largest absolute Gasteiger partial charge is 0.333 e. The Hall–Kier alpha value is -0.800. The van der Waals surface area contributed by atoms with Crippen molar-refractivity contribution in [1.29, 1.82) is 0 Å². The standard InChI is InChI=1S/C15H18ClNOS/c1-2-15(18)17-8-12(10-5-3-4-6-10)11-7-14(16)19-13(11)9-17/h2,7,10,12H,1,3-6,8-9H2. The van der Waals surface area contributed by atoms with Gasteiger partial charge in [-0.25, -0.2) is 0 Å². The molecule has 1 aromatic heterocycles. The van der Waals surface area contributed by atoms with Gasteiger partial charge in [-0.05, 0) is 36.5 Å². The van der Waals surface area contributed by atoms with Crippen LogP contribution in [-0.2, 0) is 11.3 Å². The maximum atomic E-state index is 11.9. The zero-order valence-corrected chi connectivity index (χ0v) is 12.5. The van der Waals surface area contributed by atoms with Crippen LogP contribution in [0.3, 0.4) is 0 Å². The van der Waals surface area contributed by atoms with Crippen molar-refractivity contribution in [2.75, 3.05) is 6.54 Å². The second kappa shape index (κ2) is 5.29. The summed E-state index contributed by atoms with van der Waals surface area (Å²) in [5.41, 5.74) is 1.40. The summed E-state index contributed by atoms with van der Waals surface area (Å²) in [6, 6.07) is 2.13. The van der Waals surface area contributed by atoms with Gasteiger partial charge in [0.15, 0.2) is 0 Å². The van der Waals surface area contributed by atoms with Crippen molar-refractivity contribution in [2.24, 2.45) is 5.92 Å². The van der Waals surface area contributed by atoms with Crippen LogP contribution >= 0.6 is 22.9 Å². The molecule has 1 aliphatic heterocycles. The first-order chi connectivity index (χ1) is 9.19. The van der Waals surface area contributed by atoms with Crippen LogP contribution < -0.4 is 0 Å². The summed E-state index contributed by atoms with van der Waals surface area (Å²) >= 11 is 7.80. The molecule has 2 nitrogen and oxygen atoms in total. The number of thiophene rings is 1. The molecule has 1 amide bonds. The van der Waals surface area contributed by atoms with E-state index < -0.39 is 0 Å². The Labute approximate surface area is 123 Å². The highest BCUT2D eigenvalue weighted by atomic mass is 35.5. The highest BCUT2D eigenvalue weighted by molar-refractivity contribution is 7.16. The molecule has 0 spiro atoms. The van der Waals surface area contributed by atoms with E-state index >= 15 is 0 Å². The number of hydrogen-bond donors (Lipinski definition) is 0. The second-order valence-corrected chi connectivity index (χ2v) is 7.27. The van der Waals surface area contributed by atoms with E-state index in [0.29, 0.717) is 18.4 Å². The predicted octanol–water partition coefficient (Wildman–Crippen LogP) is 4.20. The molecule has 0 saturated heterocycles. The lowest BCUT2D eigenvalue weighted by molar-refractivity contribution is -0.127. The zero-order chi connectivity index (χ0) is 13.4. The molecule has 0 bridgehead atoms. The molecule has 1 fully saturated rings. The van der Waals surface area contributed by atoms with Gasteiger partial charge in [-0.1, -0.05) is 31.0 Å². The van der Waals surface area contributed by atoms with E-state index in [1.165, 1.54) is 42.2 Å². The molecular weight excluding hydrogens is 278 g/mol. The summed E-state index contributed by atoms with van der Waals surface area (Å²) in [7, 11) is 0. The first-order valence-corrected chi connectivity index (χ1v) is 8.08. The highest BCUT2D eigenvalue weighted by Crippen LogP contribution is 2.45. The van der Waals surface area contributed by atoms with Crippen LogP contribution in [-0.4, -0.2) is 17.4 Å². The number of nitrogens with zero attached hydrogens (tertiary/aromatic N) is 1. The number of halogens is 1. The van der Waals surface area contributed by atoms with Gasteiger partial charge in [-0.2, -0.15) is 0 Å². The highest BCUT2D eigenvalue weighted by Gasteiger charge is 2.35. The second-order valence-electron chi connectivity index (χ2n) is 5.50. The predicted molar refractivity (Wildman–Crippen MR) is 79.6 cm³/mol. The Morgan fingerprint density at radius 3 is 2.89 bits per heavy atom. The normalized spacial score (nSPS) is 23.4. The number of fused-ring (bicyclic) bond motifs is 1. The van der Waals surface area contributed by atoms with E-state index in [-0.39, 0.29) is 5.91 Å². The van der Waals surface area contributed by atoms with E-state index in [0.717, 1.165) is 10.9 Å². The molecule has 2 aliphatic rings. The Morgan fingerprint density at radius 1 is 1.47 bits per heavy atom. The van der Waals surface area contributed by atoms with E-state index in [1.54, 1.807) is 11.3 Å². The molecule has 1 saturated carbocycles. The van der Waals surface area contributed by atoms with Crippen LogP contribution in [0.2, 0.25) is 4.34 Å². The van der Waals surface area contributed by atoms with Crippen LogP contribution in [0.25, 0.3) is 0 Å². The van der Waals surface area contributed by atoms with E-state index in [2.05, 4.69) is 12.6 Å². The smallest absolute Gasteiger partial charge is 0.246 e. The average molecular weight is 296 g/mol. The molecule has 1 unspecified atom stereocenters. The summed E-state index contributed by atoms with van der Waals surface area (Å²) in [6.07, 6.45) is 6.64. The van der Waals surface area contributed by atoms with Crippen molar-refractivity contribution >= 4 is 28.8 Å². The van der Waals surface area contributed by atoms with E-state index in [9.17, 15) is 4.79 Å². The van der Waals surface area contributed by atoms with Gasteiger partial charge < -0.3 is 4.90 Å². The molecule has 1 aliphatic carbocycles. The molecular formula is C15H18ClNOS. The Kier molecular flexibility index (Phi) is 3.68. The number of amides is 1. The number of carbonyl (C=O) groups excluding carboxylic acids is 1. The SMILES string of the molecule is C=CC(=O)N1Cc2sc(Cl)cc2C(C2CCCC2)C1. The minimum Gasteiger partial charge on any atom is -0.333 e. The molecule has 1 aromatic rings. The molecule has 0 aromatic carbocycles. The first kappa shape index (κ1) is 13.2. The van der Waals surface area contributed by atoms with E-state index in [4.69, 9.17) is 11.6 Å². The monoisotopic (exact) mass is 295 g/mol. The van der Waals surface area contributed by atoms with Crippen molar-refractivity contribution in [2.45, 2.75) is 38.1 Å².